The molecule has 1 aromatic rings. The van der Waals surface area contributed by atoms with E-state index in [2.05, 4.69) is 5.32 Å². The summed E-state index contributed by atoms with van der Waals surface area (Å²) in [4.78, 5) is 33.4. The number of aliphatic hydroxyl groups excluding tert-OH is 1. The molecule has 8 heteroatoms. The Kier molecular flexibility index (Phi) is 7.69. The molecule has 0 aromatic heterocycles. The summed E-state index contributed by atoms with van der Waals surface area (Å²) >= 11 is 0. The molecule has 0 bridgehead atoms. The number of aliphatic hydroxyl groups is 1. The van der Waals surface area contributed by atoms with E-state index in [1.165, 1.54) is 24.3 Å². The van der Waals surface area contributed by atoms with Crippen molar-refractivity contribution in [1.82, 2.24) is 5.32 Å². The molecule has 1 rings (SSSR count). The fourth-order valence-electron chi connectivity index (χ4n) is 1.84. The van der Waals surface area contributed by atoms with E-state index in [0.717, 1.165) is 6.42 Å². The number of nitro benzene ring substituents is 1. The summed E-state index contributed by atoms with van der Waals surface area (Å²) in [5.41, 5.74) is 0.557. The number of benzene rings is 1. The van der Waals surface area contributed by atoms with Gasteiger partial charge >= 0.3 is 6.09 Å². The lowest BCUT2D eigenvalue weighted by atomic mass is 10.0. The second-order valence-electron chi connectivity index (χ2n) is 4.94. The molecule has 1 aromatic carbocycles. The van der Waals surface area contributed by atoms with E-state index >= 15 is 0 Å². The molecule has 1 amide bonds. The van der Waals surface area contributed by atoms with Gasteiger partial charge < -0.3 is 15.2 Å². The minimum atomic E-state index is -0.949. The molecule has 0 aliphatic carbocycles. The number of hydrogen-bond donors (Lipinski definition) is 2. The molecular formula is C15H20N2O6. The first kappa shape index (κ1) is 18.6. The first-order chi connectivity index (χ1) is 11.0. The summed E-state index contributed by atoms with van der Waals surface area (Å²) in [6.07, 6.45) is 0.969. The van der Waals surface area contributed by atoms with Gasteiger partial charge in [-0.25, -0.2) is 4.79 Å². The summed E-state index contributed by atoms with van der Waals surface area (Å²) in [6, 6.07) is 4.68. The number of nitrogens with zero attached hydrogens (tertiary/aromatic N) is 1. The van der Waals surface area contributed by atoms with Crippen molar-refractivity contribution in [3.63, 3.8) is 0 Å². The number of carbonyl (C=O) groups is 2. The van der Waals surface area contributed by atoms with Crippen LogP contribution in [0.4, 0.5) is 10.5 Å². The van der Waals surface area contributed by atoms with Crippen LogP contribution in [0.25, 0.3) is 0 Å². The van der Waals surface area contributed by atoms with E-state index in [0.29, 0.717) is 12.0 Å². The van der Waals surface area contributed by atoms with Gasteiger partial charge in [0, 0.05) is 12.1 Å². The van der Waals surface area contributed by atoms with Crippen LogP contribution in [-0.4, -0.2) is 41.2 Å². The highest BCUT2D eigenvalue weighted by atomic mass is 16.6. The molecule has 0 fully saturated rings. The first-order valence-electron chi connectivity index (χ1n) is 7.28. The topological polar surface area (TPSA) is 119 Å². The van der Waals surface area contributed by atoms with Gasteiger partial charge in [-0.05, 0) is 18.4 Å². The Bertz CT molecular complexity index is 543. The third-order valence-electron chi connectivity index (χ3n) is 3.15. The van der Waals surface area contributed by atoms with Crippen LogP contribution in [0.3, 0.4) is 0 Å². The summed E-state index contributed by atoms with van der Waals surface area (Å²) in [5.74, 6) is -0.559. The van der Waals surface area contributed by atoms with Crippen LogP contribution in [0.5, 0.6) is 0 Å². The largest absolute Gasteiger partial charge is 0.450 e. The van der Waals surface area contributed by atoms with E-state index in [4.69, 9.17) is 9.84 Å². The number of Topliss-reactive ketones (excluding diaryl/α,β-unsaturated/α-hetero) is 1. The van der Waals surface area contributed by atoms with E-state index in [1.807, 2.05) is 6.92 Å². The number of ketones is 1. The van der Waals surface area contributed by atoms with Gasteiger partial charge in [-0.3, -0.25) is 14.9 Å². The number of hydrogen-bond acceptors (Lipinski definition) is 6. The molecule has 0 heterocycles. The summed E-state index contributed by atoms with van der Waals surface area (Å²) in [5, 5.41) is 22.0. The molecule has 2 N–H and O–H groups in total. The minimum absolute atomic E-state index is 0.0641. The summed E-state index contributed by atoms with van der Waals surface area (Å²) < 4.78 is 4.92. The molecule has 8 nitrogen and oxygen atoms in total. The third kappa shape index (κ3) is 6.43. The summed E-state index contributed by atoms with van der Waals surface area (Å²) in [7, 11) is 0. The molecule has 0 radical (unpaired) electrons. The lowest BCUT2D eigenvalue weighted by molar-refractivity contribution is -0.384. The van der Waals surface area contributed by atoms with Gasteiger partial charge in [0.05, 0.1) is 17.6 Å². The molecule has 0 aliphatic rings. The van der Waals surface area contributed by atoms with Crippen molar-refractivity contribution in [1.29, 1.82) is 0 Å². The minimum Gasteiger partial charge on any atom is -0.450 e. The van der Waals surface area contributed by atoms with Gasteiger partial charge in [-0.15, -0.1) is 0 Å². The maximum absolute atomic E-state index is 11.7. The highest BCUT2D eigenvalue weighted by Crippen LogP contribution is 2.13. The SMILES string of the molecule is CCCCOC(=O)NC(Cc1ccc([N+](=O)[O-])cc1)C(=O)CO. The number of nitrogens with one attached hydrogen (secondary N) is 1. The van der Waals surface area contributed by atoms with E-state index < -0.39 is 29.4 Å². The normalized spacial score (nSPS) is 11.6. The fourth-order valence-corrected chi connectivity index (χ4v) is 1.84. The van der Waals surface area contributed by atoms with Crippen LogP contribution in [0, 0.1) is 10.1 Å². The predicted molar refractivity (Wildman–Crippen MR) is 82.1 cm³/mol. The van der Waals surface area contributed by atoms with E-state index in [1.54, 1.807) is 0 Å². The molecule has 0 spiro atoms. The fraction of sp³-hybridized carbons (Fsp3) is 0.467. The molecule has 1 atom stereocenters. The molecule has 126 valence electrons. The van der Waals surface area contributed by atoms with Crippen LogP contribution >= 0.6 is 0 Å². The third-order valence-corrected chi connectivity index (χ3v) is 3.15. The molecule has 0 saturated carbocycles. The number of ether oxygens (including phenoxy) is 1. The van der Waals surface area contributed by atoms with Crippen LogP contribution in [0.1, 0.15) is 25.3 Å². The number of rotatable bonds is 9. The molecular weight excluding hydrogens is 304 g/mol. The lowest BCUT2D eigenvalue weighted by Gasteiger charge is -2.16. The molecule has 23 heavy (non-hydrogen) atoms. The Morgan fingerprint density at radius 2 is 2.00 bits per heavy atom. The Morgan fingerprint density at radius 1 is 1.35 bits per heavy atom. The standard InChI is InChI=1S/C15H20N2O6/c1-2-3-8-23-15(20)16-13(14(19)10-18)9-11-4-6-12(7-5-11)17(21)22/h4-7,13,18H,2-3,8-10H2,1H3,(H,16,20). The Labute approximate surface area is 133 Å². The van der Waals surface area contributed by atoms with E-state index in [-0.39, 0.29) is 18.7 Å². The number of amides is 1. The number of alkyl carbamates (subject to hydrolysis) is 1. The van der Waals surface area contributed by atoms with Gasteiger partial charge in [-0.2, -0.15) is 0 Å². The van der Waals surface area contributed by atoms with Crippen molar-refractivity contribution in [2.24, 2.45) is 0 Å². The number of unbranched alkanes of at least 4 members (excludes halogenated alkanes) is 1. The zero-order valence-corrected chi connectivity index (χ0v) is 12.9. The highest BCUT2D eigenvalue weighted by molar-refractivity contribution is 5.88. The van der Waals surface area contributed by atoms with Crippen molar-refractivity contribution >= 4 is 17.6 Å². The predicted octanol–water partition coefficient (Wildman–Crippen LogP) is 1.59. The van der Waals surface area contributed by atoms with Gasteiger partial charge in [0.15, 0.2) is 5.78 Å². The molecule has 1 unspecified atom stereocenters. The average Bonchev–Trinajstić information content (AvgIpc) is 2.54. The van der Waals surface area contributed by atoms with Crippen molar-refractivity contribution in [3.8, 4) is 0 Å². The van der Waals surface area contributed by atoms with Gasteiger partial charge in [0.25, 0.3) is 5.69 Å². The van der Waals surface area contributed by atoms with Crippen LogP contribution in [0.15, 0.2) is 24.3 Å². The second-order valence-corrected chi connectivity index (χ2v) is 4.94. The maximum Gasteiger partial charge on any atom is 0.407 e. The average molecular weight is 324 g/mol. The quantitative estimate of drug-likeness (QED) is 0.404. The Balaban J connectivity index is 2.69. The van der Waals surface area contributed by atoms with Crippen molar-refractivity contribution in [2.75, 3.05) is 13.2 Å². The highest BCUT2D eigenvalue weighted by Gasteiger charge is 2.21. The number of carbonyl (C=O) groups excluding carboxylic acids is 2. The van der Waals surface area contributed by atoms with Gasteiger partial charge in [0.2, 0.25) is 0 Å². The second kappa shape index (κ2) is 9.52. The van der Waals surface area contributed by atoms with Crippen LogP contribution < -0.4 is 5.32 Å². The van der Waals surface area contributed by atoms with Crippen LogP contribution in [0.2, 0.25) is 0 Å². The number of non-ortho nitro benzene ring substituents is 1. The monoisotopic (exact) mass is 324 g/mol. The van der Waals surface area contributed by atoms with Crippen molar-refractivity contribution in [3.05, 3.63) is 39.9 Å². The first-order valence-corrected chi connectivity index (χ1v) is 7.28. The lowest BCUT2D eigenvalue weighted by Crippen LogP contribution is -2.44. The Hall–Kier alpha value is -2.48. The van der Waals surface area contributed by atoms with Gasteiger partial charge in [0.1, 0.15) is 6.61 Å². The van der Waals surface area contributed by atoms with Crippen LogP contribution in [-0.2, 0) is 16.0 Å². The van der Waals surface area contributed by atoms with Crippen molar-refractivity contribution < 1.29 is 24.4 Å². The van der Waals surface area contributed by atoms with E-state index in [9.17, 15) is 19.7 Å². The molecule has 0 saturated heterocycles. The molecule has 0 aliphatic heterocycles. The smallest absolute Gasteiger partial charge is 0.407 e. The summed E-state index contributed by atoms with van der Waals surface area (Å²) in [6.45, 7) is 1.49. The number of nitro groups is 1. The maximum atomic E-state index is 11.7. The van der Waals surface area contributed by atoms with Crippen molar-refractivity contribution in [2.45, 2.75) is 32.2 Å². The zero-order valence-electron chi connectivity index (χ0n) is 12.9. The zero-order chi connectivity index (χ0) is 17.2. The Morgan fingerprint density at radius 3 is 2.52 bits per heavy atom. The van der Waals surface area contributed by atoms with Gasteiger partial charge in [-0.1, -0.05) is 25.5 Å².